The molecule has 0 bridgehead atoms. The molecule has 0 aliphatic carbocycles. The number of hydrazine groups is 1. The number of hydrogen-bond donors (Lipinski definition) is 1. The number of aldehydes is 1. The number of nitrogens with one attached hydrogen (secondary N) is 1. The Balaban J connectivity index is 2.49. The number of nitrogens with zero attached hydrogens (tertiary/aromatic N) is 1. The van der Waals surface area contributed by atoms with Gasteiger partial charge in [0, 0.05) is 30.6 Å². The van der Waals surface area contributed by atoms with Crippen molar-refractivity contribution in [3.05, 3.63) is 24.0 Å². The van der Waals surface area contributed by atoms with E-state index in [1.807, 2.05) is 0 Å². The van der Waals surface area contributed by atoms with E-state index in [4.69, 9.17) is 11.8 Å². The van der Waals surface area contributed by atoms with Gasteiger partial charge in [0.15, 0.2) is 0 Å². The van der Waals surface area contributed by atoms with E-state index < -0.39 is 0 Å². The fraction of sp³-hybridized carbons (Fsp3) is 0.167. The van der Waals surface area contributed by atoms with Crippen LogP contribution >= 0.6 is 11.8 Å². The van der Waals surface area contributed by atoms with Crippen LogP contribution < -0.4 is 5.43 Å². The van der Waals surface area contributed by atoms with Gasteiger partial charge in [0.2, 0.25) is 0 Å². The van der Waals surface area contributed by atoms with Crippen molar-refractivity contribution < 1.29 is 4.79 Å². The van der Waals surface area contributed by atoms with Gasteiger partial charge in [0.05, 0.1) is 0 Å². The van der Waals surface area contributed by atoms with E-state index in [-0.39, 0.29) is 0 Å². The number of carbonyl (C=O) groups excluding carboxylic acids is 1. The second-order valence-corrected chi connectivity index (χ2v) is 2.21. The Morgan fingerprint density at radius 3 is 3.10 bits per heavy atom. The molecule has 1 aliphatic heterocycles. The quantitative estimate of drug-likeness (QED) is 0.480. The largest absolute Gasteiger partial charge is 0.303 e. The minimum Gasteiger partial charge on any atom is -0.303 e. The van der Waals surface area contributed by atoms with Crippen LogP contribution in [0.2, 0.25) is 0 Å². The Hall–Kier alpha value is -0.960. The smallest absolute Gasteiger partial charge is 0.124 e. The second kappa shape index (κ2) is 3.27. The zero-order valence-electron chi connectivity index (χ0n) is 5.25. The van der Waals surface area contributed by atoms with Crippen LogP contribution in [-0.4, -0.2) is 10.8 Å². The predicted octanol–water partition coefficient (Wildman–Crippen LogP) is 0.947. The van der Waals surface area contributed by atoms with Crippen LogP contribution in [0.5, 0.6) is 0 Å². The molecule has 1 N–H and O–H groups in total. The van der Waals surface area contributed by atoms with Crippen molar-refractivity contribution in [3.8, 4) is 0 Å². The molecule has 4 heteroatoms. The van der Waals surface area contributed by atoms with Gasteiger partial charge in [0.25, 0.3) is 0 Å². The van der Waals surface area contributed by atoms with Crippen LogP contribution in [0.1, 0.15) is 6.42 Å². The molecule has 3 nitrogen and oxygen atoms in total. The lowest BCUT2D eigenvalue weighted by Gasteiger charge is -2.14. The first-order valence-electron chi connectivity index (χ1n) is 2.85. The SMILES string of the molecule is O=CCC1=CNN(Cl)C=C1. The van der Waals surface area contributed by atoms with Crippen LogP contribution in [0.4, 0.5) is 0 Å². The number of hydrogen-bond acceptors (Lipinski definition) is 3. The van der Waals surface area contributed by atoms with Crippen molar-refractivity contribution >= 4 is 18.1 Å². The van der Waals surface area contributed by atoms with Gasteiger partial charge in [-0.05, 0) is 11.6 Å². The summed E-state index contributed by atoms with van der Waals surface area (Å²) in [5, 5.41) is 0. The van der Waals surface area contributed by atoms with Gasteiger partial charge in [-0.1, -0.05) is 0 Å². The maximum Gasteiger partial charge on any atom is 0.124 e. The van der Waals surface area contributed by atoms with Gasteiger partial charge in [0.1, 0.15) is 6.29 Å². The third kappa shape index (κ3) is 1.77. The van der Waals surface area contributed by atoms with Crippen LogP contribution in [0.15, 0.2) is 24.0 Å². The van der Waals surface area contributed by atoms with Gasteiger partial charge in [-0.3, -0.25) is 5.43 Å². The summed E-state index contributed by atoms with van der Waals surface area (Å²) in [6, 6.07) is 0. The van der Waals surface area contributed by atoms with Crippen molar-refractivity contribution in [3.63, 3.8) is 0 Å². The molecule has 1 heterocycles. The lowest BCUT2D eigenvalue weighted by molar-refractivity contribution is -0.107. The van der Waals surface area contributed by atoms with Gasteiger partial charge < -0.3 is 4.79 Å². The Morgan fingerprint density at radius 2 is 2.60 bits per heavy atom. The molecule has 10 heavy (non-hydrogen) atoms. The standard InChI is InChI=1S/C6H7ClN2O/c7-9-3-1-6(2-4-10)5-8-9/h1,3-5,8H,2H2. The maximum absolute atomic E-state index is 10.0. The van der Waals surface area contributed by atoms with Crippen molar-refractivity contribution in [2.45, 2.75) is 6.42 Å². The third-order valence-corrected chi connectivity index (χ3v) is 1.32. The highest BCUT2D eigenvalue weighted by molar-refractivity contribution is 6.13. The molecule has 0 spiro atoms. The summed E-state index contributed by atoms with van der Waals surface area (Å²) in [4.78, 5) is 10.0. The second-order valence-electron chi connectivity index (χ2n) is 1.85. The highest BCUT2D eigenvalue weighted by atomic mass is 35.5. The number of allylic oxidation sites excluding steroid dienone is 2. The first kappa shape index (κ1) is 7.15. The van der Waals surface area contributed by atoms with E-state index in [0.717, 1.165) is 11.9 Å². The van der Waals surface area contributed by atoms with E-state index in [1.54, 1.807) is 18.5 Å². The zero-order valence-corrected chi connectivity index (χ0v) is 6.01. The molecule has 0 saturated heterocycles. The minimum absolute atomic E-state index is 0.425. The number of carbonyl (C=O) groups is 1. The summed E-state index contributed by atoms with van der Waals surface area (Å²) in [5.41, 5.74) is 3.63. The van der Waals surface area contributed by atoms with Crippen LogP contribution in [-0.2, 0) is 4.79 Å². The molecule has 0 aromatic rings. The van der Waals surface area contributed by atoms with Crippen LogP contribution in [0.3, 0.4) is 0 Å². The molecule has 54 valence electrons. The topological polar surface area (TPSA) is 32.3 Å². The number of halogens is 1. The Kier molecular flexibility index (Phi) is 2.34. The average molecular weight is 159 g/mol. The van der Waals surface area contributed by atoms with Gasteiger partial charge in [-0.2, -0.15) is 0 Å². The van der Waals surface area contributed by atoms with Crippen molar-refractivity contribution in [1.82, 2.24) is 9.95 Å². The number of rotatable bonds is 2. The highest BCUT2D eigenvalue weighted by Gasteiger charge is 1.98. The van der Waals surface area contributed by atoms with E-state index in [2.05, 4.69) is 5.43 Å². The molecule has 1 rings (SSSR count). The molecule has 0 aromatic carbocycles. The van der Waals surface area contributed by atoms with E-state index in [1.165, 1.54) is 4.53 Å². The summed E-state index contributed by atoms with van der Waals surface area (Å²) in [6.07, 6.45) is 6.37. The van der Waals surface area contributed by atoms with Crippen molar-refractivity contribution in [1.29, 1.82) is 0 Å². The molecule has 1 aliphatic rings. The van der Waals surface area contributed by atoms with Gasteiger partial charge in [-0.25, -0.2) is 4.53 Å². The molecule has 0 atom stereocenters. The summed E-state index contributed by atoms with van der Waals surface area (Å²) in [6.45, 7) is 0. The summed E-state index contributed by atoms with van der Waals surface area (Å²) in [5.74, 6) is 0. The van der Waals surface area contributed by atoms with Gasteiger partial charge in [-0.15, -0.1) is 0 Å². The normalized spacial score (nSPS) is 16.1. The lowest BCUT2D eigenvalue weighted by Crippen LogP contribution is -2.21. The molecule has 0 radical (unpaired) electrons. The fourth-order valence-corrected chi connectivity index (χ4v) is 0.725. The first-order valence-corrected chi connectivity index (χ1v) is 3.19. The van der Waals surface area contributed by atoms with E-state index >= 15 is 0 Å². The van der Waals surface area contributed by atoms with Gasteiger partial charge >= 0.3 is 0 Å². The molecule has 0 saturated carbocycles. The van der Waals surface area contributed by atoms with Crippen molar-refractivity contribution in [2.75, 3.05) is 0 Å². The van der Waals surface area contributed by atoms with Crippen LogP contribution in [0, 0.1) is 0 Å². The minimum atomic E-state index is 0.425. The fourth-order valence-electron chi connectivity index (χ4n) is 0.620. The maximum atomic E-state index is 10.0. The average Bonchev–Trinajstić information content (AvgIpc) is 1.95. The molecule has 0 aromatic heterocycles. The summed E-state index contributed by atoms with van der Waals surface area (Å²) in [7, 11) is 0. The van der Waals surface area contributed by atoms with E-state index in [0.29, 0.717) is 6.42 Å². The highest BCUT2D eigenvalue weighted by Crippen LogP contribution is 2.06. The molecular formula is C6H7ClN2O. The molecular weight excluding hydrogens is 152 g/mol. The first-order chi connectivity index (χ1) is 4.83. The Bertz CT molecular complexity index is 188. The molecule has 0 amide bonds. The van der Waals surface area contributed by atoms with Crippen LogP contribution in [0.25, 0.3) is 0 Å². The van der Waals surface area contributed by atoms with E-state index in [9.17, 15) is 4.79 Å². The zero-order chi connectivity index (χ0) is 7.40. The third-order valence-electron chi connectivity index (χ3n) is 1.11. The predicted molar refractivity (Wildman–Crippen MR) is 38.7 cm³/mol. The Morgan fingerprint density at radius 1 is 1.80 bits per heavy atom. The Labute approximate surface area is 64.0 Å². The van der Waals surface area contributed by atoms with Crippen molar-refractivity contribution in [2.24, 2.45) is 0 Å². The lowest BCUT2D eigenvalue weighted by atomic mass is 10.2. The summed E-state index contributed by atoms with van der Waals surface area (Å²) < 4.78 is 1.29. The monoisotopic (exact) mass is 158 g/mol. The summed E-state index contributed by atoms with van der Waals surface area (Å²) >= 11 is 5.48. The molecule has 0 unspecified atom stereocenters. The molecule has 0 fully saturated rings.